The van der Waals surface area contributed by atoms with Gasteiger partial charge in [0.05, 0.1) is 11.2 Å². The van der Waals surface area contributed by atoms with Gasteiger partial charge in [-0.25, -0.2) is 4.98 Å². The number of hydrogen-bond acceptors (Lipinski definition) is 6. The van der Waals surface area contributed by atoms with Crippen molar-refractivity contribution in [2.24, 2.45) is 0 Å². The Morgan fingerprint density at radius 3 is 3.17 bits per heavy atom. The largest absolute Gasteiger partial charge is 0.350 e. The minimum Gasteiger partial charge on any atom is -0.350 e. The van der Waals surface area contributed by atoms with Crippen LogP contribution < -0.4 is 10.6 Å². The van der Waals surface area contributed by atoms with Gasteiger partial charge in [-0.05, 0) is 32.7 Å². The topological polar surface area (TPSA) is 84.7 Å². The molecule has 130 valence electrons. The van der Waals surface area contributed by atoms with Crippen LogP contribution >= 0.6 is 11.3 Å². The lowest BCUT2D eigenvalue weighted by molar-refractivity contribution is 0.0949. The van der Waals surface area contributed by atoms with Crippen LogP contribution in [-0.2, 0) is 13.0 Å². The molecule has 1 fully saturated rings. The fourth-order valence-electron chi connectivity index (χ4n) is 2.86. The van der Waals surface area contributed by atoms with Crippen molar-refractivity contribution >= 4 is 17.2 Å². The molecule has 2 N–H and O–H groups in total. The van der Waals surface area contributed by atoms with Crippen LogP contribution in [-0.4, -0.2) is 45.0 Å². The normalized spacial score (nSPS) is 17.8. The number of carbonyl (C=O) groups excluding carboxylic acids is 1. The first kappa shape index (κ1) is 17.0. The summed E-state index contributed by atoms with van der Waals surface area (Å²) < 4.78 is 1.76. The summed E-state index contributed by atoms with van der Waals surface area (Å²) in [6.45, 7) is 4.43. The molecular formula is C16H24N6OS. The standard InChI is InChI=1S/C16H24N6OS/c1-12-11-24-15(19-12)5-8-18-16(23)14-10-22(21-20-14)9-6-13-4-2-3-7-17-13/h10-11,13,17H,2-9H2,1H3,(H,18,23)/t13-/m0/s1. The number of piperidine rings is 1. The molecule has 1 aliphatic heterocycles. The van der Waals surface area contributed by atoms with Gasteiger partial charge >= 0.3 is 0 Å². The van der Waals surface area contributed by atoms with Crippen LogP contribution in [0.4, 0.5) is 0 Å². The number of nitrogens with one attached hydrogen (secondary N) is 2. The van der Waals surface area contributed by atoms with E-state index < -0.39 is 0 Å². The van der Waals surface area contributed by atoms with Crippen LogP contribution in [0.3, 0.4) is 0 Å². The van der Waals surface area contributed by atoms with Gasteiger partial charge in [0.2, 0.25) is 0 Å². The Labute approximate surface area is 145 Å². The Morgan fingerprint density at radius 2 is 2.42 bits per heavy atom. The SMILES string of the molecule is Cc1csc(CCNC(=O)c2cn(CC[C@@H]3CCCCN3)nn2)n1. The molecule has 3 heterocycles. The van der Waals surface area contributed by atoms with E-state index in [-0.39, 0.29) is 5.91 Å². The summed E-state index contributed by atoms with van der Waals surface area (Å²) in [7, 11) is 0. The average Bonchev–Trinajstić information content (AvgIpc) is 3.23. The monoisotopic (exact) mass is 348 g/mol. The molecule has 1 amide bonds. The highest BCUT2D eigenvalue weighted by atomic mass is 32.1. The first-order valence-corrected chi connectivity index (χ1v) is 9.41. The maximum atomic E-state index is 12.1. The van der Waals surface area contributed by atoms with Gasteiger partial charge in [0, 0.05) is 36.6 Å². The summed E-state index contributed by atoms with van der Waals surface area (Å²) >= 11 is 1.62. The molecule has 0 spiro atoms. The predicted octanol–water partition coefficient (Wildman–Crippen LogP) is 1.55. The second-order valence-electron chi connectivity index (χ2n) is 6.19. The number of carbonyl (C=O) groups is 1. The van der Waals surface area contributed by atoms with Crippen LogP contribution in [0.2, 0.25) is 0 Å². The van der Waals surface area contributed by atoms with Crippen LogP contribution in [0.15, 0.2) is 11.6 Å². The second-order valence-corrected chi connectivity index (χ2v) is 7.13. The molecule has 0 radical (unpaired) electrons. The van der Waals surface area contributed by atoms with Gasteiger partial charge < -0.3 is 10.6 Å². The molecule has 3 rings (SSSR count). The summed E-state index contributed by atoms with van der Waals surface area (Å²) in [5, 5.41) is 17.5. The van der Waals surface area contributed by atoms with E-state index in [2.05, 4.69) is 25.9 Å². The Bertz CT molecular complexity index is 661. The average molecular weight is 348 g/mol. The molecule has 8 heteroatoms. The number of hydrogen-bond donors (Lipinski definition) is 2. The third-order valence-electron chi connectivity index (χ3n) is 4.18. The molecule has 24 heavy (non-hydrogen) atoms. The number of nitrogens with zero attached hydrogens (tertiary/aromatic N) is 4. The number of aryl methyl sites for hydroxylation is 2. The predicted molar refractivity (Wildman–Crippen MR) is 93.2 cm³/mol. The molecule has 0 saturated carbocycles. The highest BCUT2D eigenvalue weighted by Gasteiger charge is 2.14. The van der Waals surface area contributed by atoms with Gasteiger partial charge in [0.25, 0.3) is 5.91 Å². The van der Waals surface area contributed by atoms with E-state index in [0.717, 1.165) is 36.6 Å². The molecule has 1 aliphatic rings. The minimum atomic E-state index is -0.176. The van der Waals surface area contributed by atoms with E-state index in [1.807, 2.05) is 12.3 Å². The van der Waals surface area contributed by atoms with Gasteiger partial charge in [0.1, 0.15) is 0 Å². The molecule has 2 aromatic rings. The molecule has 7 nitrogen and oxygen atoms in total. The zero-order valence-electron chi connectivity index (χ0n) is 14.0. The molecule has 1 saturated heterocycles. The van der Waals surface area contributed by atoms with Gasteiger partial charge in [-0.1, -0.05) is 11.6 Å². The lowest BCUT2D eigenvalue weighted by Gasteiger charge is -2.23. The molecule has 0 bridgehead atoms. The zero-order chi connectivity index (χ0) is 16.8. The number of aromatic nitrogens is 4. The van der Waals surface area contributed by atoms with Crippen molar-refractivity contribution < 1.29 is 4.79 Å². The van der Waals surface area contributed by atoms with E-state index in [1.54, 1.807) is 22.2 Å². The maximum Gasteiger partial charge on any atom is 0.273 e. The van der Waals surface area contributed by atoms with E-state index in [9.17, 15) is 4.79 Å². The summed E-state index contributed by atoms with van der Waals surface area (Å²) in [5.41, 5.74) is 1.40. The fourth-order valence-corrected chi connectivity index (χ4v) is 3.64. The quantitative estimate of drug-likeness (QED) is 0.793. The molecule has 0 aromatic carbocycles. The molecule has 2 aromatic heterocycles. The third kappa shape index (κ3) is 4.85. The van der Waals surface area contributed by atoms with Crippen LogP contribution in [0, 0.1) is 6.92 Å². The van der Waals surface area contributed by atoms with Crippen LogP contribution in [0.5, 0.6) is 0 Å². The zero-order valence-corrected chi connectivity index (χ0v) is 14.8. The Kier molecular flexibility index (Phi) is 5.92. The van der Waals surface area contributed by atoms with Crippen molar-refractivity contribution in [3.8, 4) is 0 Å². The van der Waals surface area contributed by atoms with Crippen molar-refractivity contribution in [2.45, 2.75) is 51.6 Å². The Balaban J connectivity index is 1.41. The van der Waals surface area contributed by atoms with E-state index in [1.165, 1.54) is 19.3 Å². The molecule has 0 unspecified atom stereocenters. The van der Waals surface area contributed by atoms with E-state index >= 15 is 0 Å². The summed E-state index contributed by atoms with van der Waals surface area (Å²) in [6.07, 6.45) is 7.27. The van der Waals surface area contributed by atoms with Crippen molar-refractivity contribution in [3.63, 3.8) is 0 Å². The van der Waals surface area contributed by atoms with E-state index in [0.29, 0.717) is 18.3 Å². The molecule has 0 aliphatic carbocycles. The van der Waals surface area contributed by atoms with Gasteiger partial charge in [-0.3, -0.25) is 9.48 Å². The highest BCUT2D eigenvalue weighted by molar-refractivity contribution is 7.09. The lowest BCUT2D eigenvalue weighted by atomic mass is 10.0. The first-order chi connectivity index (χ1) is 11.7. The summed E-state index contributed by atoms with van der Waals surface area (Å²) in [5.74, 6) is -0.176. The third-order valence-corrected chi connectivity index (χ3v) is 5.21. The maximum absolute atomic E-state index is 12.1. The smallest absolute Gasteiger partial charge is 0.273 e. The number of thiazole rings is 1. The van der Waals surface area contributed by atoms with Crippen molar-refractivity contribution in [3.05, 3.63) is 28.0 Å². The summed E-state index contributed by atoms with van der Waals surface area (Å²) in [4.78, 5) is 16.5. The first-order valence-electron chi connectivity index (χ1n) is 8.53. The Morgan fingerprint density at radius 1 is 1.50 bits per heavy atom. The minimum absolute atomic E-state index is 0.176. The molecule has 1 atom stereocenters. The van der Waals surface area contributed by atoms with Gasteiger partial charge in [0.15, 0.2) is 5.69 Å². The fraction of sp³-hybridized carbons (Fsp3) is 0.625. The summed E-state index contributed by atoms with van der Waals surface area (Å²) in [6, 6.07) is 0.557. The highest BCUT2D eigenvalue weighted by Crippen LogP contribution is 2.11. The number of amides is 1. The lowest BCUT2D eigenvalue weighted by Crippen LogP contribution is -2.34. The van der Waals surface area contributed by atoms with Gasteiger partial charge in [-0.15, -0.1) is 16.4 Å². The van der Waals surface area contributed by atoms with Crippen molar-refractivity contribution in [1.29, 1.82) is 0 Å². The van der Waals surface area contributed by atoms with Gasteiger partial charge in [-0.2, -0.15) is 0 Å². The molecular weight excluding hydrogens is 324 g/mol. The van der Waals surface area contributed by atoms with E-state index in [4.69, 9.17) is 0 Å². The number of rotatable bonds is 7. The van der Waals surface area contributed by atoms with Crippen LogP contribution in [0.25, 0.3) is 0 Å². The second kappa shape index (κ2) is 8.34. The van der Waals surface area contributed by atoms with Crippen molar-refractivity contribution in [1.82, 2.24) is 30.6 Å². The Hall–Kier alpha value is -1.80. The van der Waals surface area contributed by atoms with Crippen LogP contribution in [0.1, 0.15) is 46.9 Å². The van der Waals surface area contributed by atoms with Crippen molar-refractivity contribution in [2.75, 3.05) is 13.1 Å².